The van der Waals surface area contributed by atoms with Crippen molar-refractivity contribution in [2.75, 3.05) is 18.2 Å². The maximum Gasteiger partial charge on any atom is 0.335 e. The fourth-order valence-corrected chi connectivity index (χ4v) is 3.43. The molecule has 2 N–H and O–H groups in total. The number of rotatable bonds is 6. The number of pyridine rings is 1. The topological polar surface area (TPSA) is 88.5 Å². The number of methoxy groups -OCH3 is 1. The zero-order valence-corrected chi connectivity index (χ0v) is 15.7. The molecule has 0 fully saturated rings. The summed E-state index contributed by atoms with van der Waals surface area (Å²) in [5.41, 5.74) is 2.39. The molecule has 3 rings (SSSR count). The summed E-state index contributed by atoms with van der Waals surface area (Å²) >= 11 is 1.31. The van der Waals surface area contributed by atoms with Gasteiger partial charge in [-0.2, -0.15) is 0 Å². The number of carboxylic acid groups (broad SMARTS) is 1. The molecule has 1 aromatic heterocycles. The van der Waals surface area contributed by atoms with E-state index in [9.17, 15) is 9.59 Å². The van der Waals surface area contributed by atoms with Gasteiger partial charge in [-0.25, -0.2) is 9.78 Å². The van der Waals surface area contributed by atoms with Crippen LogP contribution >= 0.6 is 11.8 Å². The van der Waals surface area contributed by atoms with Crippen LogP contribution in [0.2, 0.25) is 0 Å². The van der Waals surface area contributed by atoms with Gasteiger partial charge in [0.2, 0.25) is 5.91 Å². The Balaban J connectivity index is 1.72. The van der Waals surface area contributed by atoms with Crippen LogP contribution in [0.15, 0.2) is 53.6 Å². The molecule has 1 amide bonds. The molecule has 0 aliphatic carbocycles. The lowest BCUT2D eigenvalue weighted by Gasteiger charge is -2.10. The Morgan fingerprint density at radius 1 is 1.19 bits per heavy atom. The molecular weight excluding hydrogens is 364 g/mol. The number of ether oxygens (including phenoxy) is 1. The van der Waals surface area contributed by atoms with Crippen molar-refractivity contribution in [2.45, 2.75) is 11.9 Å². The molecule has 3 aromatic rings. The van der Waals surface area contributed by atoms with Crippen molar-refractivity contribution < 1.29 is 19.4 Å². The lowest BCUT2D eigenvalue weighted by Crippen LogP contribution is -2.14. The summed E-state index contributed by atoms with van der Waals surface area (Å²) in [6, 6.07) is 13.8. The van der Waals surface area contributed by atoms with Crippen molar-refractivity contribution >= 4 is 40.2 Å². The molecule has 1 heterocycles. The smallest absolute Gasteiger partial charge is 0.335 e. The van der Waals surface area contributed by atoms with Gasteiger partial charge in [0.1, 0.15) is 11.3 Å². The second-order valence-electron chi connectivity index (χ2n) is 5.86. The molecule has 0 aliphatic rings. The molecule has 0 unspecified atom stereocenters. The van der Waals surface area contributed by atoms with Crippen molar-refractivity contribution in [1.82, 2.24) is 4.98 Å². The first kappa shape index (κ1) is 18.7. The lowest BCUT2D eigenvalue weighted by atomic mass is 10.1. The minimum atomic E-state index is -1.04. The number of aromatic nitrogens is 1. The number of aryl methyl sites for hydroxylation is 1. The normalized spacial score (nSPS) is 10.6. The van der Waals surface area contributed by atoms with Gasteiger partial charge in [0.15, 0.2) is 0 Å². The summed E-state index contributed by atoms with van der Waals surface area (Å²) in [6.07, 6.45) is 0. The predicted octanol–water partition coefficient (Wildman–Crippen LogP) is 3.98. The van der Waals surface area contributed by atoms with Crippen LogP contribution in [0.3, 0.4) is 0 Å². The third kappa shape index (κ3) is 4.38. The highest BCUT2D eigenvalue weighted by Crippen LogP contribution is 2.29. The first-order valence-corrected chi connectivity index (χ1v) is 9.17. The van der Waals surface area contributed by atoms with Crippen LogP contribution in [0.1, 0.15) is 15.9 Å². The van der Waals surface area contributed by atoms with Crippen molar-refractivity contribution in [3.05, 3.63) is 59.7 Å². The van der Waals surface area contributed by atoms with Crippen molar-refractivity contribution in [2.24, 2.45) is 0 Å². The van der Waals surface area contributed by atoms with E-state index in [1.165, 1.54) is 23.9 Å². The van der Waals surface area contributed by atoms with Crippen molar-refractivity contribution in [3.8, 4) is 5.75 Å². The number of aromatic carboxylic acids is 1. The number of para-hydroxylation sites is 1. The number of carbonyl (C=O) groups excluding carboxylic acids is 1. The van der Waals surface area contributed by atoms with E-state index in [4.69, 9.17) is 9.84 Å². The number of carbonyl (C=O) groups is 2. The molecule has 0 radical (unpaired) electrons. The first-order chi connectivity index (χ1) is 13.0. The summed E-state index contributed by atoms with van der Waals surface area (Å²) in [6.45, 7) is 1.99. The highest BCUT2D eigenvalue weighted by Gasteiger charge is 2.11. The summed E-state index contributed by atoms with van der Waals surface area (Å²) in [5, 5.41) is 13.5. The Labute approximate surface area is 160 Å². The number of amides is 1. The third-order valence-electron chi connectivity index (χ3n) is 3.95. The van der Waals surface area contributed by atoms with Gasteiger partial charge in [-0.05, 0) is 42.8 Å². The van der Waals surface area contributed by atoms with E-state index in [1.54, 1.807) is 19.2 Å². The Kier molecular flexibility index (Phi) is 5.61. The van der Waals surface area contributed by atoms with Crippen LogP contribution in [0.25, 0.3) is 10.9 Å². The summed E-state index contributed by atoms with van der Waals surface area (Å²) in [5.74, 6) is -0.426. The molecule has 0 saturated carbocycles. The number of carboxylic acids is 1. The number of nitrogens with zero attached hydrogens (tertiary/aromatic N) is 1. The average Bonchev–Trinajstić information content (AvgIpc) is 2.66. The van der Waals surface area contributed by atoms with Crippen LogP contribution in [0.4, 0.5) is 5.69 Å². The van der Waals surface area contributed by atoms with Crippen LogP contribution in [0, 0.1) is 6.92 Å². The Hall–Kier alpha value is -3.06. The second kappa shape index (κ2) is 8.09. The first-order valence-electron chi connectivity index (χ1n) is 8.18. The number of fused-ring (bicyclic) bond motifs is 1. The van der Waals surface area contributed by atoms with Crippen LogP contribution in [-0.2, 0) is 4.79 Å². The lowest BCUT2D eigenvalue weighted by molar-refractivity contribution is -0.113. The molecular formula is C20H18N2O4S. The summed E-state index contributed by atoms with van der Waals surface area (Å²) in [4.78, 5) is 27.8. The van der Waals surface area contributed by atoms with Gasteiger partial charge in [0.25, 0.3) is 0 Å². The molecule has 138 valence electrons. The number of benzene rings is 2. The maximum atomic E-state index is 12.2. The average molecular weight is 382 g/mol. The third-order valence-corrected chi connectivity index (χ3v) is 4.86. The second-order valence-corrected chi connectivity index (χ2v) is 6.85. The van der Waals surface area contributed by atoms with Gasteiger partial charge >= 0.3 is 5.97 Å². The van der Waals surface area contributed by atoms with E-state index in [0.717, 1.165) is 21.5 Å². The van der Waals surface area contributed by atoms with Gasteiger partial charge in [0.05, 0.1) is 23.5 Å². The number of thioether (sulfide) groups is 1. The van der Waals surface area contributed by atoms with Gasteiger partial charge in [-0.15, -0.1) is 0 Å². The van der Waals surface area contributed by atoms with E-state index in [1.807, 2.05) is 31.2 Å². The number of anilines is 1. The Bertz CT molecular complexity index is 1020. The molecule has 7 heteroatoms. The molecule has 0 aliphatic heterocycles. The maximum absolute atomic E-state index is 12.2. The summed E-state index contributed by atoms with van der Waals surface area (Å²) in [7, 11) is 1.60. The van der Waals surface area contributed by atoms with Gasteiger partial charge < -0.3 is 15.2 Å². The zero-order chi connectivity index (χ0) is 19.4. The van der Waals surface area contributed by atoms with Crippen LogP contribution in [0.5, 0.6) is 5.75 Å². The minimum Gasteiger partial charge on any atom is -0.494 e. The zero-order valence-electron chi connectivity index (χ0n) is 14.9. The van der Waals surface area contributed by atoms with Gasteiger partial charge in [-0.3, -0.25) is 4.79 Å². The van der Waals surface area contributed by atoms with Crippen molar-refractivity contribution in [3.63, 3.8) is 0 Å². The SMILES string of the molecule is COc1cccc2c(C)cc(SCC(=O)Nc3cccc(C(=O)O)c3)nc12. The minimum absolute atomic E-state index is 0.124. The molecule has 0 saturated heterocycles. The number of nitrogens with one attached hydrogen (secondary N) is 1. The molecule has 0 bridgehead atoms. The molecule has 0 atom stereocenters. The van der Waals surface area contributed by atoms with E-state index in [0.29, 0.717) is 11.4 Å². The van der Waals surface area contributed by atoms with E-state index < -0.39 is 5.97 Å². The number of hydrogen-bond donors (Lipinski definition) is 2. The van der Waals surface area contributed by atoms with Crippen LogP contribution in [-0.4, -0.2) is 34.8 Å². The van der Waals surface area contributed by atoms with Crippen molar-refractivity contribution in [1.29, 1.82) is 0 Å². The van der Waals surface area contributed by atoms with Gasteiger partial charge in [-0.1, -0.05) is 30.0 Å². The van der Waals surface area contributed by atoms with Crippen LogP contribution < -0.4 is 10.1 Å². The Morgan fingerprint density at radius 3 is 2.70 bits per heavy atom. The largest absolute Gasteiger partial charge is 0.494 e. The summed E-state index contributed by atoms with van der Waals surface area (Å²) < 4.78 is 5.37. The highest BCUT2D eigenvalue weighted by atomic mass is 32.2. The highest BCUT2D eigenvalue weighted by molar-refractivity contribution is 7.99. The quantitative estimate of drug-likeness (QED) is 0.627. The molecule has 6 nitrogen and oxygen atoms in total. The number of hydrogen-bond acceptors (Lipinski definition) is 5. The van der Waals surface area contributed by atoms with E-state index in [2.05, 4.69) is 10.3 Å². The van der Waals surface area contributed by atoms with Gasteiger partial charge in [0, 0.05) is 11.1 Å². The Morgan fingerprint density at radius 2 is 1.96 bits per heavy atom. The van der Waals surface area contributed by atoms with E-state index in [-0.39, 0.29) is 17.2 Å². The molecule has 0 spiro atoms. The van der Waals surface area contributed by atoms with E-state index >= 15 is 0 Å². The fraction of sp³-hybridized carbons (Fsp3) is 0.150. The monoisotopic (exact) mass is 382 g/mol. The fourth-order valence-electron chi connectivity index (χ4n) is 2.67. The molecule has 2 aromatic carbocycles. The molecule has 27 heavy (non-hydrogen) atoms. The standard InChI is InChI=1S/C20H18N2O4S/c1-12-9-18(22-19-15(12)7-4-8-16(19)26-2)27-11-17(23)21-14-6-3-5-13(10-14)20(24)25/h3-10H,11H2,1-2H3,(H,21,23)(H,24,25). The predicted molar refractivity (Wildman–Crippen MR) is 106 cm³/mol.